The highest BCUT2D eigenvalue weighted by atomic mass is 15.2. The lowest BCUT2D eigenvalue weighted by Gasteiger charge is -2.35. The molecule has 2 unspecified atom stereocenters. The summed E-state index contributed by atoms with van der Waals surface area (Å²) in [6.45, 7) is 5.33. The van der Waals surface area contributed by atoms with Crippen LogP contribution in [0.1, 0.15) is 47.1 Å². The monoisotopic (exact) mass is 328 g/mol. The van der Waals surface area contributed by atoms with Gasteiger partial charge in [0, 0.05) is 18.6 Å². The molecule has 25 heavy (non-hydrogen) atoms. The number of nitriles is 1. The van der Waals surface area contributed by atoms with Gasteiger partial charge in [0.25, 0.3) is 0 Å². The van der Waals surface area contributed by atoms with Gasteiger partial charge in [-0.1, -0.05) is 36.4 Å². The molecule has 0 radical (unpaired) electrons. The molecule has 0 saturated carbocycles. The molecule has 2 aromatic carbocycles. The van der Waals surface area contributed by atoms with E-state index in [1.54, 1.807) is 0 Å². The van der Waals surface area contributed by atoms with Crippen LogP contribution in [-0.4, -0.2) is 17.0 Å². The van der Waals surface area contributed by atoms with Crippen LogP contribution in [0.2, 0.25) is 0 Å². The molecule has 0 spiro atoms. The van der Waals surface area contributed by atoms with E-state index in [4.69, 9.17) is 0 Å². The van der Waals surface area contributed by atoms with E-state index in [2.05, 4.69) is 61.2 Å². The lowest BCUT2D eigenvalue weighted by atomic mass is 9.88. The number of benzene rings is 2. The smallest absolute Gasteiger partial charge is 0.0991 e. The molecule has 1 fully saturated rings. The van der Waals surface area contributed by atoms with Gasteiger partial charge in [0.1, 0.15) is 0 Å². The molecule has 0 N–H and O–H groups in total. The SMILES string of the molecule is Cc1cc(C#N)cc(C)c1C1=CC2CCC(C1)N2Cc1ccccc1. The molecular weight excluding hydrogens is 304 g/mol. The maximum Gasteiger partial charge on any atom is 0.0991 e. The van der Waals surface area contributed by atoms with Crippen molar-refractivity contribution in [3.8, 4) is 6.07 Å². The van der Waals surface area contributed by atoms with Crippen LogP contribution >= 0.6 is 0 Å². The predicted molar refractivity (Wildman–Crippen MR) is 102 cm³/mol. The Labute approximate surface area is 150 Å². The van der Waals surface area contributed by atoms with Crippen molar-refractivity contribution in [2.24, 2.45) is 0 Å². The number of nitrogens with zero attached hydrogens (tertiary/aromatic N) is 2. The minimum Gasteiger partial charge on any atom is -0.289 e. The second-order valence-electron chi connectivity index (χ2n) is 7.45. The lowest BCUT2D eigenvalue weighted by molar-refractivity contribution is 0.203. The summed E-state index contributed by atoms with van der Waals surface area (Å²) in [6.07, 6.45) is 6.16. The summed E-state index contributed by atoms with van der Waals surface area (Å²) in [5.74, 6) is 0. The summed E-state index contributed by atoms with van der Waals surface area (Å²) >= 11 is 0. The third-order valence-electron chi connectivity index (χ3n) is 5.73. The van der Waals surface area contributed by atoms with Crippen LogP contribution in [0, 0.1) is 25.2 Å². The largest absolute Gasteiger partial charge is 0.289 e. The van der Waals surface area contributed by atoms with Gasteiger partial charge in [0.2, 0.25) is 0 Å². The van der Waals surface area contributed by atoms with Crippen LogP contribution in [0.5, 0.6) is 0 Å². The highest BCUT2D eigenvalue weighted by Gasteiger charge is 2.37. The standard InChI is InChI=1S/C23H24N2/c1-16-10-19(14-24)11-17(2)23(16)20-12-21-8-9-22(13-20)25(21)15-18-6-4-3-5-7-18/h3-7,10-12,21-22H,8-9,13,15H2,1-2H3. The quantitative estimate of drug-likeness (QED) is 0.793. The third-order valence-corrected chi connectivity index (χ3v) is 5.73. The number of hydrogen-bond donors (Lipinski definition) is 0. The normalized spacial score (nSPS) is 22.5. The Balaban J connectivity index is 1.63. The molecule has 0 aromatic heterocycles. The number of fused-ring (bicyclic) bond motifs is 2. The van der Waals surface area contributed by atoms with Crippen molar-refractivity contribution in [2.45, 2.75) is 51.7 Å². The van der Waals surface area contributed by atoms with Crippen molar-refractivity contribution in [3.63, 3.8) is 0 Å². The van der Waals surface area contributed by atoms with Crippen molar-refractivity contribution in [2.75, 3.05) is 0 Å². The Morgan fingerprint density at radius 1 is 1.08 bits per heavy atom. The fourth-order valence-electron chi connectivity index (χ4n) is 4.68. The Bertz CT molecular complexity index is 834. The van der Waals surface area contributed by atoms with Gasteiger partial charge in [-0.05, 0) is 73.1 Å². The molecule has 4 rings (SSSR count). The molecule has 0 aliphatic carbocycles. The highest BCUT2D eigenvalue weighted by molar-refractivity contribution is 5.73. The van der Waals surface area contributed by atoms with E-state index in [0.29, 0.717) is 12.1 Å². The molecule has 1 saturated heterocycles. The summed E-state index contributed by atoms with van der Waals surface area (Å²) in [5, 5.41) is 9.19. The average molecular weight is 328 g/mol. The van der Waals surface area contributed by atoms with E-state index in [9.17, 15) is 5.26 Å². The van der Waals surface area contributed by atoms with Crippen molar-refractivity contribution in [1.29, 1.82) is 5.26 Å². The van der Waals surface area contributed by atoms with E-state index in [1.165, 1.54) is 40.7 Å². The summed E-state index contributed by atoms with van der Waals surface area (Å²) in [6, 6.07) is 18.3. The molecular formula is C23H24N2. The fraction of sp³-hybridized carbons (Fsp3) is 0.348. The molecule has 2 atom stereocenters. The Morgan fingerprint density at radius 2 is 1.80 bits per heavy atom. The zero-order valence-corrected chi connectivity index (χ0v) is 15.0. The van der Waals surface area contributed by atoms with E-state index in [0.717, 1.165) is 18.5 Å². The van der Waals surface area contributed by atoms with Gasteiger partial charge >= 0.3 is 0 Å². The second-order valence-corrected chi connectivity index (χ2v) is 7.45. The van der Waals surface area contributed by atoms with Crippen LogP contribution < -0.4 is 0 Å². The molecule has 2 aromatic rings. The van der Waals surface area contributed by atoms with Gasteiger partial charge in [-0.2, -0.15) is 5.26 Å². The summed E-state index contributed by atoms with van der Waals surface area (Å²) in [5.41, 5.74) is 7.50. The van der Waals surface area contributed by atoms with Crippen molar-refractivity contribution >= 4 is 5.57 Å². The third kappa shape index (κ3) is 3.01. The van der Waals surface area contributed by atoms with Gasteiger partial charge in [0.15, 0.2) is 0 Å². The van der Waals surface area contributed by atoms with Crippen LogP contribution in [0.25, 0.3) is 5.57 Å². The maximum absolute atomic E-state index is 9.19. The fourth-order valence-corrected chi connectivity index (χ4v) is 4.68. The summed E-state index contributed by atoms with van der Waals surface area (Å²) in [7, 11) is 0. The van der Waals surface area contributed by atoms with E-state index < -0.39 is 0 Å². The van der Waals surface area contributed by atoms with Crippen molar-refractivity contribution in [3.05, 3.63) is 76.4 Å². The Hall–Kier alpha value is -2.37. The number of rotatable bonds is 3. The van der Waals surface area contributed by atoms with E-state index in [1.807, 2.05) is 12.1 Å². The molecule has 2 nitrogen and oxygen atoms in total. The first-order valence-corrected chi connectivity index (χ1v) is 9.18. The minimum atomic E-state index is 0.545. The van der Waals surface area contributed by atoms with Crippen LogP contribution in [0.3, 0.4) is 0 Å². The maximum atomic E-state index is 9.19. The number of aryl methyl sites for hydroxylation is 2. The molecule has 2 aliphatic rings. The van der Waals surface area contributed by atoms with Crippen LogP contribution in [0.4, 0.5) is 0 Å². The topological polar surface area (TPSA) is 27.0 Å². The Morgan fingerprint density at radius 3 is 2.44 bits per heavy atom. The van der Waals surface area contributed by atoms with Gasteiger partial charge < -0.3 is 0 Å². The number of hydrogen-bond acceptors (Lipinski definition) is 2. The Kier molecular flexibility index (Phi) is 4.19. The summed E-state index contributed by atoms with van der Waals surface area (Å²) in [4.78, 5) is 2.67. The zero-order chi connectivity index (χ0) is 17.4. The van der Waals surface area contributed by atoms with E-state index >= 15 is 0 Å². The van der Waals surface area contributed by atoms with Gasteiger partial charge in [-0.25, -0.2) is 0 Å². The second kappa shape index (κ2) is 6.50. The zero-order valence-electron chi connectivity index (χ0n) is 15.0. The first-order valence-electron chi connectivity index (χ1n) is 9.18. The molecule has 2 aliphatic heterocycles. The van der Waals surface area contributed by atoms with Gasteiger partial charge in [-0.15, -0.1) is 0 Å². The molecule has 2 bridgehead atoms. The van der Waals surface area contributed by atoms with E-state index in [-0.39, 0.29) is 0 Å². The first-order chi connectivity index (χ1) is 12.2. The van der Waals surface area contributed by atoms with Gasteiger partial charge in [0.05, 0.1) is 11.6 Å². The molecule has 2 heterocycles. The van der Waals surface area contributed by atoms with Crippen molar-refractivity contribution < 1.29 is 0 Å². The molecule has 0 amide bonds. The lowest BCUT2D eigenvalue weighted by Crippen LogP contribution is -2.37. The van der Waals surface area contributed by atoms with Crippen molar-refractivity contribution in [1.82, 2.24) is 4.90 Å². The van der Waals surface area contributed by atoms with Crippen LogP contribution in [0.15, 0.2) is 48.5 Å². The predicted octanol–water partition coefficient (Wildman–Crippen LogP) is 5.00. The van der Waals surface area contributed by atoms with Gasteiger partial charge in [-0.3, -0.25) is 4.90 Å². The first kappa shape index (κ1) is 16.1. The molecule has 126 valence electrons. The summed E-state index contributed by atoms with van der Waals surface area (Å²) < 4.78 is 0. The average Bonchev–Trinajstić information content (AvgIpc) is 2.84. The van der Waals surface area contributed by atoms with Crippen LogP contribution in [-0.2, 0) is 6.54 Å². The molecule has 2 heteroatoms. The minimum absolute atomic E-state index is 0.545. The highest BCUT2D eigenvalue weighted by Crippen LogP contribution is 2.41.